The highest BCUT2D eigenvalue weighted by atomic mass is 32.2. The van der Waals surface area contributed by atoms with Gasteiger partial charge in [0.25, 0.3) is 0 Å². The normalized spacial score (nSPS) is 11.4. The summed E-state index contributed by atoms with van der Waals surface area (Å²) in [5.41, 5.74) is 2.28. The zero-order valence-electron chi connectivity index (χ0n) is 9.60. The smallest absolute Gasteiger partial charge is 0.229 e. The molecule has 1 N–H and O–H groups in total. The molecule has 5 heteroatoms. The molecule has 2 rings (SSSR count). The Kier molecular flexibility index (Phi) is 2.93. The first-order valence-electron chi connectivity index (χ1n) is 5.08. The molecule has 1 aromatic carbocycles. The first-order valence-corrected chi connectivity index (χ1v) is 6.97. The van der Waals surface area contributed by atoms with E-state index in [0.717, 1.165) is 17.4 Å². The van der Waals surface area contributed by atoms with Gasteiger partial charge in [-0.1, -0.05) is 12.1 Å². The number of nitrogens with one attached hydrogen (secondary N) is 1. The van der Waals surface area contributed by atoms with Gasteiger partial charge in [0.15, 0.2) is 0 Å². The van der Waals surface area contributed by atoms with E-state index in [1.165, 1.54) is 0 Å². The average Bonchev–Trinajstić information content (AvgIpc) is 2.72. The molecule has 17 heavy (non-hydrogen) atoms. The minimum Gasteiger partial charge on any atom is -0.464 e. The quantitative estimate of drug-likeness (QED) is 0.912. The Morgan fingerprint density at radius 2 is 2.00 bits per heavy atom. The van der Waals surface area contributed by atoms with Gasteiger partial charge in [-0.2, -0.15) is 0 Å². The number of hydrogen-bond donors (Lipinski definition) is 1. The van der Waals surface area contributed by atoms with Gasteiger partial charge in [0.05, 0.1) is 18.2 Å². The molecule has 0 saturated carbocycles. The van der Waals surface area contributed by atoms with Crippen LogP contribution in [0.5, 0.6) is 0 Å². The Bertz CT molecular complexity index is 615. The molecule has 2 aromatic rings. The van der Waals surface area contributed by atoms with Crippen LogP contribution in [0.2, 0.25) is 0 Å². The topological polar surface area (TPSA) is 59.3 Å². The van der Waals surface area contributed by atoms with Gasteiger partial charge in [0.2, 0.25) is 10.0 Å². The van der Waals surface area contributed by atoms with Crippen molar-refractivity contribution in [2.24, 2.45) is 0 Å². The highest BCUT2D eigenvalue weighted by molar-refractivity contribution is 7.92. The van der Waals surface area contributed by atoms with E-state index in [2.05, 4.69) is 4.72 Å². The second-order valence-electron chi connectivity index (χ2n) is 3.88. The minimum absolute atomic E-state index is 0.571. The number of aryl methyl sites for hydroxylation is 1. The van der Waals surface area contributed by atoms with Gasteiger partial charge >= 0.3 is 0 Å². The second-order valence-corrected chi connectivity index (χ2v) is 5.63. The van der Waals surface area contributed by atoms with E-state index in [4.69, 9.17) is 4.42 Å². The highest BCUT2D eigenvalue weighted by Gasteiger charge is 2.08. The van der Waals surface area contributed by atoms with E-state index in [0.29, 0.717) is 11.4 Å². The summed E-state index contributed by atoms with van der Waals surface area (Å²) < 4.78 is 30.2. The highest BCUT2D eigenvalue weighted by Crippen LogP contribution is 2.26. The Morgan fingerprint density at radius 3 is 2.59 bits per heavy atom. The fourth-order valence-electron chi connectivity index (χ4n) is 1.53. The maximum absolute atomic E-state index is 11.2. The van der Waals surface area contributed by atoms with Crippen molar-refractivity contribution in [1.82, 2.24) is 0 Å². The van der Waals surface area contributed by atoms with Crippen molar-refractivity contribution in [3.63, 3.8) is 0 Å². The van der Waals surface area contributed by atoms with Gasteiger partial charge in [-0.15, -0.1) is 0 Å². The summed E-state index contributed by atoms with van der Waals surface area (Å²) in [7, 11) is -3.27. The van der Waals surface area contributed by atoms with Crippen LogP contribution in [0.25, 0.3) is 11.3 Å². The Morgan fingerprint density at radius 1 is 1.24 bits per heavy atom. The number of benzene rings is 1. The third-order valence-corrected chi connectivity index (χ3v) is 2.93. The minimum atomic E-state index is -3.27. The van der Waals surface area contributed by atoms with Crippen LogP contribution in [-0.2, 0) is 10.0 Å². The van der Waals surface area contributed by atoms with Crippen molar-refractivity contribution in [1.29, 1.82) is 0 Å². The molecule has 0 amide bonds. The van der Waals surface area contributed by atoms with Crippen molar-refractivity contribution in [2.75, 3.05) is 11.0 Å². The van der Waals surface area contributed by atoms with E-state index in [9.17, 15) is 8.42 Å². The predicted octanol–water partition coefficient (Wildman–Crippen LogP) is 2.63. The number of rotatable bonds is 3. The lowest BCUT2D eigenvalue weighted by Gasteiger charge is -2.08. The van der Waals surface area contributed by atoms with Crippen molar-refractivity contribution < 1.29 is 12.8 Å². The van der Waals surface area contributed by atoms with Gasteiger partial charge in [-0.25, -0.2) is 8.42 Å². The number of furan rings is 1. The van der Waals surface area contributed by atoms with Crippen LogP contribution in [0, 0.1) is 6.92 Å². The van der Waals surface area contributed by atoms with Crippen LogP contribution in [0.3, 0.4) is 0 Å². The van der Waals surface area contributed by atoms with E-state index in [-0.39, 0.29) is 0 Å². The molecule has 0 atom stereocenters. The summed E-state index contributed by atoms with van der Waals surface area (Å²) in [6.07, 6.45) is 2.71. The van der Waals surface area contributed by atoms with Crippen LogP contribution < -0.4 is 4.72 Å². The number of hydrogen-bond acceptors (Lipinski definition) is 3. The average molecular weight is 251 g/mol. The summed E-state index contributed by atoms with van der Waals surface area (Å²) in [4.78, 5) is 0. The molecule has 4 nitrogen and oxygen atoms in total. The van der Waals surface area contributed by atoms with Crippen molar-refractivity contribution in [3.8, 4) is 11.3 Å². The van der Waals surface area contributed by atoms with Crippen LogP contribution in [0.15, 0.2) is 41.0 Å². The van der Waals surface area contributed by atoms with Crippen LogP contribution in [0.1, 0.15) is 5.56 Å². The van der Waals surface area contributed by atoms with Crippen molar-refractivity contribution >= 4 is 15.7 Å². The SMILES string of the molecule is Cc1ccc(-c2ccco2)cc1NS(C)(=O)=O. The molecule has 1 aromatic heterocycles. The summed E-state index contributed by atoms with van der Waals surface area (Å²) in [5.74, 6) is 0.710. The number of anilines is 1. The maximum atomic E-state index is 11.2. The summed E-state index contributed by atoms with van der Waals surface area (Å²) in [5, 5.41) is 0. The summed E-state index contributed by atoms with van der Waals surface area (Å²) >= 11 is 0. The van der Waals surface area contributed by atoms with Crippen LogP contribution >= 0.6 is 0 Å². The van der Waals surface area contributed by atoms with Crippen molar-refractivity contribution in [3.05, 3.63) is 42.2 Å². The van der Waals surface area contributed by atoms with Gasteiger partial charge < -0.3 is 4.42 Å². The van der Waals surface area contributed by atoms with E-state index in [1.54, 1.807) is 18.4 Å². The third kappa shape index (κ3) is 2.88. The molecule has 0 fully saturated rings. The Balaban J connectivity index is 2.43. The Hall–Kier alpha value is -1.75. The molecule has 0 aliphatic carbocycles. The second kappa shape index (κ2) is 4.25. The van der Waals surface area contributed by atoms with Gasteiger partial charge in [-0.3, -0.25) is 4.72 Å². The Labute approximate surface area is 100 Å². The van der Waals surface area contributed by atoms with E-state index >= 15 is 0 Å². The zero-order chi connectivity index (χ0) is 12.5. The molecule has 0 bridgehead atoms. The fraction of sp³-hybridized carbons (Fsp3) is 0.167. The molecule has 0 saturated heterocycles. The summed E-state index contributed by atoms with van der Waals surface area (Å²) in [6.45, 7) is 1.85. The van der Waals surface area contributed by atoms with E-state index < -0.39 is 10.0 Å². The molecule has 1 heterocycles. The van der Waals surface area contributed by atoms with Crippen LogP contribution in [-0.4, -0.2) is 14.7 Å². The molecular formula is C12H13NO3S. The molecule has 90 valence electrons. The first-order chi connectivity index (χ1) is 7.96. The lowest BCUT2D eigenvalue weighted by Crippen LogP contribution is -2.10. The lowest BCUT2D eigenvalue weighted by molar-refractivity contribution is 0.582. The third-order valence-electron chi connectivity index (χ3n) is 2.34. The predicted molar refractivity (Wildman–Crippen MR) is 67.3 cm³/mol. The van der Waals surface area contributed by atoms with Gasteiger partial charge in [0, 0.05) is 5.56 Å². The molecule has 0 aliphatic rings. The summed E-state index contributed by atoms with van der Waals surface area (Å²) in [6, 6.07) is 9.12. The molecular weight excluding hydrogens is 238 g/mol. The molecule has 0 unspecified atom stereocenters. The molecule has 0 aliphatic heterocycles. The van der Waals surface area contributed by atoms with E-state index in [1.807, 2.05) is 25.1 Å². The lowest BCUT2D eigenvalue weighted by atomic mass is 10.1. The molecule has 0 spiro atoms. The molecule has 0 radical (unpaired) electrons. The maximum Gasteiger partial charge on any atom is 0.229 e. The number of sulfonamides is 1. The van der Waals surface area contributed by atoms with Gasteiger partial charge in [0.1, 0.15) is 5.76 Å². The monoisotopic (exact) mass is 251 g/mol. The van der Waals surface area contributed by atoms with Crippen LogP contribution in [0.4, 0.5) is 5.69 Å². The fourth-order valence-corrected chi connectivity index (χ4v) is 2.15. The zero-order valence-corrected chi connectivity index (χ0v) is 10.4. The first kappa shape index (κ1) is 11.7. The standard InChI is InChI=1S/C12H13NO3S/c1-9-5-6-10(12-4-3-7-16-12)8-11(9)13-17(2,14)15/h3-8,13H,1-2H3. The van der Waals surface area contributed by atoms with Gasteiger partial charge in [-0.05, 0) is 30.7 Å². The van der Waals surface area contributed by atoms with Crippen molar-refractivity contribution in [2.45, 2.75) is 6.92 Å². The largest absolute Gasteiger partial charge is 0.464 e.